The van der Waals surface area contributed by atoms with Gasteiger partial charge in [-0.25, -0.2) is 63.4 Å². The monoisotopic (exact) mass is 1970 g/mol. The molecule has 0 spiro atoms. The maximum atomic E-state index is 13.6. The average Bonchev–Trinajstić information content (AvgIpc) is 1.67. The lowest BCUT2D eigenvalue weighted by Crippen LogP contribution is -2.57. The van der Waals surface area contributed by atoms with Gasteiger partial charge in [-0.05, 0) is 244 Å². The second-order valence-electron chi connectivity index (χ2n) is 37.6. The first kappa shape index (κ1) is 100. The number of nitrogens with zero attached hydrogens (tertiary/aromatic N) is 16. The third-order valence-corrected chi connectivity index (χ3v) is 28.4. The summed E-state index contributed by atoms with van der Waals surface area (Å²) < 4.78 is 18.9. The number of terminal acetylenes is 4. The minimum absolute atomic E-state index is 0.0229. The number of aromatic nitrogens is 8. The van der Waals surface area contributed by atoms with Crippen molar-refractivity contribution in [2.75, 3.05) is 105 Å². The molecule has 0 radical (unpaired) electrons. The quantitative estimate of drug-likeness (QED) is 0.0618. The summed E-state index contributed by atoms with van der Waals surface area (Å²) in [5.74, 6) is 14.8. The highest BCUT2D eigenvalue weighted by Crippen LogP contribution is 2.42. The Kier molecular flexibility index (Phi) is 31.5. The van der Waals surface area contributed by atoms with Crippen LogP contribution in [-0.4, -0.2) is 193 Å². The number of nitrogens with one attached hydrogen (secondary N) is 4. The summed E-state index contributed by atoms with van der Waals surface area (Å²) >= 11 is 12.1. The number of amides is 8. The summed E-state index contributed by atoms with van der Waals surface area (Å²) in [5, 5.41) is 13.7. The number of carbonyl (C=O) groups is 4. The standard InChI is InChI=1S/C30H31N5O2.2C29H28ClN5O.C29H28FN5O/c1-5-22-9-11-23(12-10-22)25-16-27-28(17-25)31-19-32-29(27)34-13-14-35(20(2)18-34)30(36)33-21(3)24-7-6-8-26(15-24)37-4;1-4-21-5-7-23(8-6-21)24-15-26-27(16-24)31-18-32-28(26)34-13-14-35(19(2)17-34)29(36)33-20(3)22-9-11-25(30)12-10-22;2*1-4-21-8-10-22(11-9-21)24-15-26-27(16-24)31-18-32-28(26)34-12-13-35(19(2)17-34)29(36)33-20(3)23-6-5-7-25(30)14-23/h1,6-12,15-16,19-21H,13-14,17-18H2,2-4H3,(H,33,36);1,5-12,15,18-20H,13-14,16-17H2,2-3H3,(H,33,36);2*1,5-11,14-15,18-20H,12-13,16-17H2,2-3H3,(H,33,36)/t20-,21+;3*19-,20+/m1111/s1. The highest BCUT2D eigenvalue weighted by Gasteiger charge is 2.38. The molecule has 8 aromatic carbocycles. The van der Waals surface area contributed by atoms with Gasteiger partial charge in [-0.1, -0.05) is 144 Å². The number of methoxy groups -OCH3 is 1. The normalized spacial score (nSPS) is 17.7. The molecule has 12 aromatic rings. The molecule has 4 aliphatic heterocycles. The Hall–Kier alpha value is -16.1. The molecule has 8 aliphatic rings. The van der Waals surface area contributed by atoms with E-state index in [1.807, 2.05) is 194 Å². The molecule has 4 aliphatic carbocycles. The maximum absolute atomic E-state index is 13.6. The van der Waals surface area contributed by atoms with Crippen LogP contribution in [0.15, 0.2) is 219 Å². The van der Waals surface area contributed by atoms with Gasteiger partial charge in [0.25, 0.3) is 0 Å². The van der Waals surface area contributed by atoms with Crippen LogP contribution in [0.1, 0.15) is 191 Å². The minimum Gasteiger partial charge on any atom is -0.497 e. The number of rotatable bonds is 17. The molecule has 145 heavy (non-hydrogen) atoms. The zero-order valence-corrected chi connectivity index (χ0v) is 84.2. The Balaban J connectivity index is 0.000000132. The number of carbonyl (C=O) groups excluding carboxylic acids is 4. The maximum Gasteiger partial charge on any atom is 0.318 e. The lowest BCUT2D eigenvalue weighted by atomic mass is 10.0. The van der Waals surface area contributed by atoms with Gasteiger partial charge in [0.2, 0.25) is 0 Å². The van der Waals surface area contributed by atoms with E-state index in [9.17, 15) is 23.6 Å². The topological polar surface area (TPSA) is 255 Å². The molecule has 0 bridgehead atoms. The number of benzene rings is 8. The highest BCUT2D eigenvalue weighted by molar-refractivity contribution is 6.31. The van der Waals surface area contributed by atoms with E-state index in [1.54, 1.807) is 38.5 Å². The summed E-state index contributed by atoms with van der Waals surface area (Å²) in [6.07, 6.45) is 40.3. The van der Waals surface area contributed by atoms with E-state index >= 15 is 0 Å². The first-order chi connectivity index (χ1) is 70.2. The molecule has 28 heteroatoms. The van der Waals surface area contributed by atoms with E-state index in [0.29, 0.717) is 88.6 Å². The molecule has 0 saturated carbocycles. The highest BCUT2D eigenvalue weighted by atomic mass is 35.5. The van der Waals surface area contributed by atoms with Gasteiger partial charge in [0.15, 0.2) is 0 Å². The van der Waals surface area contributed by atoms with E-state index in [-0.39, 0.29) is 78.3 Å². The SMILES string of the molecule is C#Cc1ccc(C2=Cc3c(ncnc3N3CCN(C(=O)N[C@@H](C)c4ccc(Cl)cc4)[C@H](C)C3)C2)cc1.C#Cc1ccc(C2=Cc3c(ncnc3N3CCN(C(=O)N[C@@H](C)c4cccc(Cl)c4)[C@H](C)C3)C2)cc1.C#Cc1ccc(C2=Cc3c(ncnc3N3CCN(C(=O)N[C@@H](C)c4cccc(F)c4)[C@H](C)C3)C2)cc1.C#Cc1ccc(C2=Cc3c(ncnc3N3CCN(C(=O)N[C@@H](C)c4cccc(OC)c4)[C@H](C)C3)C2)cc1. The zero-order valence-electron chi connectivity index (χ0n) is 82.7. The molecule has 4 saturated heterocycles. The summed E-state index contributed by atoms with van der Waals surface area (Å²) in [6.45, 7) is 24.0. The predicted octanol–water partition coefficient (Wildman–Crippen LogP) is 19.6. The van der Waals surface area contributed by atoms with Crippen molar-refractivity contribution in [1.82, 2.24) is 80.7 Å². The molecule has 8 heterocycles. The number of allylic oxidation sites excluding steroid dienone is 4. The molecule has 4 fully saturated rings. The molecule has 734 valence electrons. The number of ether oxygens (including phenoxy) is 1. The largest absolute Gasteiger partial charge is 0.497 e. The van der Waals surface area contributed by atoms with Crippen molar-refractivity contribution in [3.8, 4) is 55.1 Å². The molecular formula is C117H115Cl2FN20O5. The van der Waals surface area contributed by atoms with Gasteiger partial charge in [-0.2, -0.15) is 0 Å². The Labute approximate surface area is 857 Å². The van der Waals surface area contributed by atoms with E-state index in [4.69, 9.17) is 53.6 Å². The fourth-order valence-corrected chi connectivity index (χ4v) is 20.1. The number of anilines is 4. The average molecular weight is 1970 g/mol. The Bertz CT molecular complexity index is 6920. The van der Waals surface area contributed by atoms with Crippen molar-refractivity contribution in [2.24, 2.45) is 0 Å². The van der Waals surface area contributed by atoms with E-state index < -0.39 is 0 Å². The molecule has 0 unspecified atom stereocenters. The molecule has 4 N–H and O–H groups in total. The van der Waals surface area contributed by atoms with Gasteiger partial charge in [0, 0.05) is 183 Å². The van der Waals surface area contributed by atoms with Crippen LogP contribution in [0.2, 0.25) is 10.0 Å². The van der Waals surface area contributed by atoms with Crippen molar-refractivity contribution >= 4 is 117 Å². The third-order valence-electron chi connectivity index (χ3n) is 27.9. The molecule has 8 amide bonds. The van der Waals surface area contributed by atoms with Crippen LogP contribution in [-0.2, 0) is 25.7 Å². The summed E-state index contributed by atoms with van der Waals surface area (Å²) in [6, 6.07) is 60.4. The Morgan fingerprint density at radius 3 is 0.897 bits per heavy atom. The fraction of sp³-hybridized carbons (Fsp3) is 0.282. The number of hydrogen-bond acceptors (Lipinski definition) is 17. The van der Waals surface area contributed by atoms with Gasteiger partial charge in [0.1, 0.15) is 60.1 Å². The Morgan fingerprint density at radius 2 is 0.621 bits per heavy atom. The van der Waals surface area contributed by atoms with Gasteiger partial charge in [-0.15, -0.1) is 25.7 Å². The Morgan fingerprint density at radius 1 is 0.345 bits per heavy atom. The van der Waals surface area contributed by atoms with Crippen molar-refractivity contribution < 1.29 is 28.3 Å². The number of halogens is 3. The van der Waals surface area contributed by atoms with Crippen molar-refractivity contribution in [3.63, 3.8) is 0 Å². The molecule has 25 nitrogen and oxygen atoms in total. The lowest BCUT2D eigenvalue weighted by Gasteiger charge is -2.41. The van der Waals surface area contributed by atoms with Gasteiger partial charge >= 0.3 is 24.1 Å². The number of fused-ring (bicyclic) bond motifs is 4. The molecule has 20 rings (SSSR count). The molecular weight excluding hydrogens is 1860 g/mol. The number of hydrogen-bond donors (Lipinski definition) is 4. The predicted molar refractivity (Wildman–Crippen MR) is 576 cm³/mol. The van der Waals surface area contributed by atoms with Gasteiger partial charge < -0.3 is 65.2 Å². The summed E-state index contributed by atoms with van der Waals surface area (Å²) in [4.78, 5) is 106. The summed E-state index contributed by atoms with van der Waals surface area (Å²) in [7, 11) is 1.64. The lowest BCUT2D eigenvalue weighted by molar-refractivity contribution is 0.167. The van der Waals surface area contributed by atoms with Crippen LogP contribution < -0.4 is 45.6 Å². The van der Waals surface area contributed by atoms with E-state index in [1.165, 1.54) is 34.4 Å². The minimum atomic E-state index is -0.310. The van der Waals surface area contributed by atoms with Crippen molar-refractivity contribution in [3.05, 3.63) is 347 Å². The zero-order chi connectivity index (χ0) is 102. The van der Waals surface area contributed by atoms with Crippen LogP contribution in [0.3, 0.4) is 0 Å². The van der Waals surface area contributed by atoms with Crippen molar-refractivity contribution in [1.29, 1.82) is 0 Å². The van der Waals surface area contributed by atoms with E-state index in [0.717, 1.165) is 166 Å². The number of urea groups is 4. The van der Waals surface area contributed by atoms with Crippen LogP contribution in [0.25, 0.3) is 46.6 Å². The number of piperazine rings is 4. The molecule has 4 aromatic heterocycles. The first-order valence-corrected chi connectivity index (χ1v) is 49.6. The second kappa shape index (κ2) is 45.4. The van der Waals surface area contributed by atoms with Gasteiger partial charge in [-0.3, -0.25) is 0 Å². The van der Waals surface area contributed by atoms with Crippen LogP contribution >= 0.6 is 23.2 Å². The van der Waals surface area contributed by atoms with Crippen LogP contribution in [0, 0.1) is 55.2 Å². The van der Waals surface area contributed by atoms with E-state index in [2.05, 4.69) is 186 Å². The van der Waals surface area contributed by atoms with Crippen molar-refractivity contribution in [2.45, 2.75) is 129 Å². The first-order valence-electron chi connectivity index (χ1n) is 48.9. The smallest absolute Gasteiger partial charge is 0.318 e. The van der Waals surface area contributed by atoms with Gasteiger partial charge in [0.05, 0.1) is 54.1 Å². The third kappa shape index (κ3) is 23.5. The second-order valence-corrected chi connectivity index (χ2v) is 38.5. The fourth-order valence-electron chi connectivity index (χ4n) is 19.8. The van der Waals surface area contributed by atoms with Crippen LogP contribution in [0.4, 0.5) is 46.8 Å². The van der Waals surface area contributed by atoms with Crippen LogP contribution in [0.5, 0.6) is 5.75 Å². The molecule has 8 atom stereocenters. The summed E-state index contributed by atoms with van der Waals surface area (Å²) in [5.41, 5.74) is 24.9.